The summed E-state index contributed by atoms with van der Waals surface area (Å²) in [6, 6.07) is 9.18. The number of halogens is 3. The highest BCUT2D eigenvalue weighted by Gasteiger charge is 2.30. The fourth-order valence-electron chi connectivity index (χ4n) is 2.65. The van der Waals surface area contributed by atoms with Crippen LogP contribution in [0.1, 0.15) is 18.2 Å². The molecule has 1 aromatic heterocycles. The zero-order chi connectivity index (χ0) is 20.9. The second kappa shape index (κ2) is 8.55. The SMILES string of the molecule is CC1=NCCn2c1ccc2-c1ccc(C(F)(F)F)cc1.O=C(O)/C=C/C(=O)O. The zero-order valence-electron chi connectivity index (χ0n) is 14.8. The molecule has 0 fully saturated rings. The molecule has 28 heavy (non-hydrogen) atoms. The lowest BCUT2D eigenvalue weighted by molar-refractivity contribution is -0.137. The fourth-order valence-corrected chi connectivity index (χ4v) is 2.65. The molecule has 6 nitrogen and oxygen atoms in total. The summed E-state index contributed by atoms with van der Waals surface area (Å²) in [6.45, 7) is 3.42. The third-order valence-corrected chi connectivity index (χ3v) is 3.90. The summed E-state index contributed by atoms with van der Waals surface area (Å²) in [6.07, 6.45) is -3.18. The number of carbonyl (C=O) groups is 2. The minimum absolute atomic E-state index is 0.558. The predicted octanol–water partition coefficient (Wildman–Crippen LogP) is 3.71. The monoisotopic (exact) mass is 394 g/mol. The van der Waals surface area contributed by atoms with Gasteiger partial charge in [0.15, 0.2) is 0 Å². The Labute approximate surface area is 158 Å². The van der Waals surface area contributed by atoms with Gasteiger partial charge in [-0.05, 0) is 36.8 Å². The van der Waals surface area contributed by atoms with Crippen LogP contribution in [0.15, 0.2) is 53.5 Å². The van der Waals surface area contributed by atoms with Crippen molar-refractivity contribution >= 4 is 17.7 Å². The average Bonchev–Trinajstić information content (AvgIpc) is 3.05. The number of benzene rings is 1. The van der Waals surface area contributed by atoms with Crippen molar-refractivity contribution < 1.29 is 33.0 Å². The number of alkyl halides is 3. The van der Waals surface area contributed by atoms with E-state index < -0.39 is 23.7 Å². The molecule has 2 heterocycles. The van der Waals surface area contributed by atoms with Crippen molar-refractivity contribution in [3.05, 3.63) is 59.8 Å². The van der Waals surface area contributed by atoms with Gasteiger partial charge in [0, 0.05) is 24.4 Å². The normalized spacial score (nSPS) is 13.4. The average molecular weight is 394 g/mol. The summed E-state index contributed by atoms with van der Waals surface area (Å²) in [4.78, 5) is 23.5. The maximum absolute atomic E-state index is 12.6. The molecule has 0 radical (unpaired) electrons. The molecule has 2 N–H and O–H groups in total. The van der Waals surface area contributed by atoms with Crippen LogP contribution in [0, 0.1) is 0 Å². The highest BCUT2D eigenvalue weighted by Crippen LogP contribution is 2.31. The van der Waals surface area contributed by atoms with Crippen LogP contribution in [0.5, 0.6) is 0 Å². The lowest BCUT2D eigenvalue weighted by Gasteiger charge is -2.17. The lowest BCUT2D eigenvalue weighted by Crippen LogP contribution is -2.16. The molecule has 1 aliphatic heterocycles. The molecule has 0 saturated heterocycles. The smallest absolute Gasteiger partial charge is 0.416 e. The molecule has 0 aliphatic carbocycles. The fraction of sp³-hybridized carbons (Fsp3) is 0.211. The summed E-state index contributed by atoms with van der Waals surface area (Å²) in [5.41, 5.74) is 3.10. The largest absolute Gasteiger partial charge is 0.478 e. The van der Waals surface area contributed by atoms with Gasteiger partial charge in [0.25, 0.3) is 0 Å². The third-order valence-electron chi connectivity index (χ3n) is 3.90. The van der Waals surface area contributed by atoms with Crippen molar-refractivity contribution in [2.75, 3.05) is 6.54 Å². The molecule has 1 aliphatic rings. The van der Waals surface area contributed by atoms with Crippen molar-refractivity contribution in [1.82, 2.24) is 4.57 Å². The van der Waals surface area contributed by atoms with Gasteiger partial charge in [0.2, 0.25) is 0 Å². The van der Waals surface area contributed by atoms with Gasteiger partial charge in [-0.15, -0.1) is 0 Å². The number of carboxylic acids is 2. The quantitative estimate of drug-likeness (QED) is 0.777. The van der Waals surface area contributed by atoms with Gasteiger partial charge in [-0.1, -0.05) is 12.1 Å². The number of carboxylic acid groups (broad SMARTS) is 2. The third kappa shape index (κ3) is 5.32. The van der Waals surface area contributed by atoms with E-state index in [-0.39, 0.29) is 0 Å². The highest BCUT2D eigenvalue weighted by molar-refractivity contribution is 5.98. The predicted molar refractivity (Wildman–Crippen MR) is 96.4 cm³/mol. The molecule has 0 unspecified atom stereocenters. The highest BCUT2D eigenvalue weighted by atomic mass is 19.4. The van der Waals surface area contributed by atoms with Gasteiger partial charge in [-0.3, -0.25) is 4.99 Å². The van der Waals surface area contributed by atoms with Gasteiger partial charge >= 0.3 is 18.1 Å². The number of hydrogen-bond donors (Lipinski definition) is 2. The van der Waals surface area contributed by atoms with Gasteiger partial charge in [-0.25, -0.2) is 9.59 Å². The summed E-state index contributed by atoms with van der Waals surface area (Å²) in [7, 11) is 0. The Morgan fingerprint density at radius 3 is 2.04 bits per heavy atom. The standard InChI is InChI=1S/C15H13F3N2.C4H4O4/c1-10-13-6-7-14(20(13)9-8-19-10)11-2-4-12(5-3-11)15(16,17)18;5-3(6)1-2-4(7)8/h2-7H,8-9H2,1H3;1-2H,(H,5,6)(H,7,8)/b;2-1+. The van der Waals surface area contributed by atoms with Crippen LogP contribution in [0.25, 0.3) is 11.3 Å². The van der Waals surface area contributed by atoms with E-state index in [1.54, 1.807) is 0 Å². The Morgan fingerprint density at radius 1 is 1.00 bits per heavy atom. The first-order valence-electron chi connectivity index (χ1n) is 8.12. The summed E-state index contributed by atoms with van der Waals surface area (Å²) >= 11 is 0. The molecule has 0 bridgehead atoms. The van der Waals surface area contributed by atoms with Crippen molar-refractivity contribution in [2.24, 2.45) is 4.99 Å². The summed E-state index contributed by atoms with van der Waals surface area (Å²) in [5.74, 6) is -2.51. The maximum atomic E-state index is 12.6. The Bertz CT molecular complexity index is 910. The van der Waals surface area contributed by atoms with Gasteiger partial charge < -0.3 is 14.8 Å². The van der Waals surface area contributed by atoms with Crippen LogP contribution in [0.4, 0.5) is 13.2 Å². The number of nitrogens with zero attached hydrogens (tertiary/aromatic N) is 2. The topological polar surface area (TPSA) is 91.9 Å². The maximum Gasteiger partial charge on any atom is 0.416 e. The lowest BCUT2D eigenvalue weighted by atomic mass is 10.1. The van der Waals surface area contributed by atoms with E-state index in [9.17, 15) is 22.8 Å². The number of aliphatic imine (C=N–C) groups is 1. The molecule has 9 heteroatoms. The van der Waals surface area contributed by atoms with E-state index in [1.165, 1.54) is 12.1 Å². The molecular weight excluding hydrogens is 377 g/mol. The molecule has 0 atom stereocenters. The second-order valence-corrected chi connectivity index (χ2v) is 5.81. The molecule has 0 saturated carbocycles. The minimum Gasteiger partial charge on any atom is -0.478 e. The Balaban J connectivity index is 0.000000300. The van der Waals surface area contributed by atoms with E-state index >= 15 is 0 Å². The van der Waals surface area contributed by atoms with Crippen LogP contribution in [-0.4, -0.2) is 39.0 Å². The molecule has 3 rings (SSSR count). The number of hydrogen-bond acceptors (Lipinski definition) is 3. The van der Waals surface area contributed by atoms with E-state index in [0.29, 0.717) is 18.7 Å². The first kappa shape index (κ1) is 20.9. The molecule has 2 aromatic rings. The van der Waals surface area contributed by atoms with E-state index in [1.807, 2.05) is 19.1 Å². The molecule has 0 amide bonds. The zero-order valence-corrected chi connectivity index (χ0v) is 14.8. The van der Waals surface area contributed by atoms with Gasteiger partial charge in [0.1, 0.15) is 0 Å². The van der Waals surface area contributed by atoms with Crippen LogP contribution >= 0.6 is 0 Å². The summed E-state index contributed by atoms with van der Waals surface area (Å²) < 4.78 is 39.8. The van der Waals surface area contributed by atoms with Gasteiger partial charge in [-0.2, -0.15) is 13.2 Å². The molecular formula is C19H17F3N2O4. The van der Waals surface area contributed by atoms with Crippen LogP contribution in [-0.2, 0) is 22.3 Å². The van der Waals surface area contributed by atoms with E-state index in [4.69, 9.17) is 10.2 Å². The van der Waals surface area contributed by atoms with E-state index in [0.717, 1.165) is 41.3 Å². The van der Waals surface area contributed by atoms with Crippen LogP contribution in [0.3, 0.4) is 0 Å². The molecule has 1 aromatic carbocycles. The van der Waals surface area contributed by atoms with E-state index in [2.05, 4.69) is 9.56 Å². The molecule has 148 valence electrons. The first-order valence-corrected chi connectivity index (χ1v) is 8.12. The summed E-state index contributed by atoms with van der Waals surface area (Å²) in [5, 5.41) is 15.6. The second-order valence-electron chi connectivity index (χ2n) is 5.81. The first-order chi connectivity index (χ1) is 13.1. The van der Waals surface area contributed by atoms with Crippen LogP contribution in [0.2, 0.25) is 0 Å². The van der Waals surface area contributed by atoms with Crippen molar-refractivity contribution in [3.63, 3.8) is 0 Å². The Hall–Kier alpha value is -3.36. The molecule has 0 spiro atoms. The van der Waals surface area contributed by atoms with Gasteiger partial charge in [0.05, 0.1) is 23.5 Å². The number of aliphatic carboxylic acids is 2. The number of rotatable bonds is 3. The van der Waals surface area contributed by atoms with Crippen molar-refractivity contribution in [2.45, 2.75) is 19.6 Å². The van der Waals surface area contributed by atoms with Crippen molar-refractivity contribution in [1.29, 1.82) is 0 Å². The Morgan fingerprint density at radius 2 is 1.54 bits per heavy atom. The number of fused-ring (bicyclic) bond motifs is 1. The minimum atomic E-state index is -4.29. The van der Waals surface area contributed by atoms with Crippen LogP contribution < -0.4 is 0 Å². The Kier molecular flexibility index (Phi) is 6.40. The number of aromatic nitrogens is 1. The van der Waals surface area contributed by atoms with Crippen molar-refractivity contribution in [3.8, 4) is 11.3 Å².